The van der Waals surface area contributed by atoms with Crippen LogP contribution in [0.25, 0.3) is 0 Å². The number of rotatable bonds is 4. The average molecular weight is 504 g/mol. The van der Waals surface area contributed by atoms with Gasteiger partial charge in [0.1, 0.15) is 21.3 Å². The molecule has 0 fully saturated rings. The fourth-order valence-electron chi connectivity index (χ4n) is 2.54. The molecule has 0 aliphatic rings. The van der Waals surface area contributed by atoms with Crippen molar-refractivity contribution >= 4 is 40.6 Å². The third kappa shape index (κ3) is 10.6. The molecule has 0 unspecified atom stereocenters. The molecule has 2 aromatic heterocycles. The van der Waals surface area contributed by atoms with Crippen molar-refractivity contribution in [2.75, 3.05) is 5.32 Å². The van der Waals surface area contributed by atoms with Gasteiger partial charge in [-0.25, -0.2) is 9.97 Å². The van der Waals surface area contributed by atoms with E-state index in [0.29, 0.717) is 21.3 Å². The maximum absolute atomic E-state index is 5.76. The number of halogens is 3. The van der Waals surface area contributed by atoms with Gasteiger partial charge >= 0.3 is 0 Å². The lowest BCUT2D eigenvalue weighted by Gasteiger charge is -2.14. The van der Waals surface area contributed by atoms with E-state index < -0.39 is 0 Å². The van der Waals surface area contributed by atoms with E-state index >= 15 is 0 Å². The second kappa shape index (κ2) is 14.4. The van der Waals surface area contributed by atoms with Crippen LogP contribution >= 0.6 is 34.8 Å². The van der Waals surface area contributed by atoms with Gasteiger partial charge in [0.15, 0.2) is 0 Å². The van der Waals surface area contributed by atoms with Crippen molar-refractivity contribution in [3.8, 4) is 0 Å². The molecule has 4 aromatic rings. The lowest BCUT2D eigenvalue weighted by atomic mass is 10.1. The SMILES string of the molecule is C[C@H](N)c1ccccc1.C[C@H](Nc1cncc(Cl)n1)c1ccccc1.Clc1cncc(Cl)n1. The second-order valence-electron chi connectivity index (χ2n) is 6.87. The van der Waals surface area contributed by atoms with E-state index in [1.165, 1.54) is 29.7 Å². The Bertz CT molecular complexity index is 1060. The van der Waals surface area contributed by atoms with E-state index in [1.54, 1.807) is 6.20 Å². The first kappa shape index (κ1) is 26.5. The fraction of sp³-hybridized carbons (Fsp3) is 0.167. The normalized spacial score (nSPS) is 11.7. The number of benzene rings is 2. The number of hydrogen-bond donors (Lipinski definition) is 2. The number of hydrogen-bond acceptors (Lipinski definition) is 6. The van der Waals surface area contributed by atoms with Crippen molar-refractivity contribution in [3.63, 3.8) is 0 Å². The number of nitrogens with two attached hydrogens (primary N) is 1. The van der Waals surface area contributed by atoms with Gasteiger partial charge in [0.25, 0.3) is 0 Å². The van der Waals surface area contributed by atoms with E-state index in [1.807, 2.05) is 55.5 Å². The minimum absolute atomic E-state index is 0.159. The van der Waals surface area contributed by atoms with Crippen molar-refractivity contribution in [2.45, 2.75) is 25.9 Å². The van der Waals surface area contributed by atoms with Crippen molar-refractivity contribution in [2.24, 2.45) is 5.73 Å². The lowest BCUT2D eigenvalue weighted by Crippen LogP contribution is -2.07. The summed E-state index contributed by atoms with van der Waals surface area (Å²) in [4.78, 5) is 15.4. The first-order valence-electron chi connectivity index (χ1n) is 10.1. The maximum Gasteiger partial charge on any atom is 0.149 e. The standard InChI is InChI=1S/C12H12ClN3.C8H11N.C4H2Cl2N2/c1-9(10-5-3-2-4-6-10)15-12-8-14-7-11(13)16-12;1-7(9)8-5-3-2-4-6-8;5-3-1-7-2-4(6)8-3/h2-9H,1H3,(H,15,16);2-7H,9H2,1H3;1-2H/t9-;7-;/m00./s1. The molecule has 2 aromatic carbocycles. The third-order valence-corrected chi connectivity index (χ3v) is 4.72. The molecule has 6 nitrogen and oxygen atoms in total. The zero-order valence-electron chi connectivity index (χ0n) is 18.2. The summed E-state index contributed by atoms with van der Waals surface area (Å²) in [6.45, 7) is 4.05. The molecule has 2 heterocycles. The van der Waals surface area contributed by atoms with Crippen LogP contribution in [0.4, 0.5) is 5.82 Å². The minimum Gasteiger partial charge on any atom is -0.362 e. The van der Waals surface area contributed by atoms with Crippen LogP contribution < -0.4 is 11.1 Å². The molecule has 4 rings (SSSR count). The molecule has 2 atom stereocenters. The zero-order chi connectivity index (χ0) is 24.1. The smallest absolute Gasteiger partial charge is 0.149 e. The summed E-state index contributed by atoms with van der Waals surface area (Å²) in [5.41, 5.74) is 8.00. The van der Waals surface area contributed by atoms with Crippen molar-refractivity contribution < 1.29 is 0 Å². The molecule has 0 aliphatic heterocycles. The summed E-state index contributed by atoms with van der Waals surface area (Å²) in [5, 5.41) is 4.27. The lowest BCUT2D eigenvalue weighted by molar-refractivity contribution is 0.818. The molecule has 9 heteroatoms. The Hall–Kier alpha value is -2.77. The Balaban J connectivity index is 0.000000192. The van der Waals surface area contributed by atoms with Gasteiger partial charge in [-0.2, -0.15) is 0 Å². The predicted octanol–water partition coefficient (Wildman–Crippen LogP) is 6.79. The molecule has 0 bridgehead atoms. The first-order chi connectivity index (χ1) is 15.8. The topological polar surface area (TPSA) is 89.6 Å². The van der Waals surface area contributed by atoms with Gasteiger partial charge in [-0.3, -0.25) is 9.97 Å². The van der Waals surface area contributed by atoms with Crippen LogP contribution in [0.5, 0.6) is 0 Å². The Kier molecular flexibility index (Phi) is 11.6. The van der Waals surface area contributed by atoms with E-state index in [4.69, 9.17) is 40.5 Å². The highest BCUT2D eigenvalue weighted by Crippen LogP contribution is 2.17. The second-order valence-corrected chi connectivity index (χ2v) is 8.03. The summed E-state index contributed by atoms with van der Waals surface area (Å²) >= 11 is 16.5. The molecule has 33 heavy (non-hydrogen) atoms. The molecule has 172 valence electrons. The van der Waals surface area contributed by atoms with E-state index in [9.17, 15) is 0 Å². The maximum atomic E-state index is 5.76. The minimum atomic E-state index is 0.159. The highest BCUT2D eigenvalue weighted by atomic mass is 35.5. The number of nitrogens with one attached hydrogen (secondary N) is 1. The van der Waals surface area contributed by atoms with Crippen molar-refractivity contribution in [1.29, 1.82) is 0 Å². The number of anilines is 1. The van der Waals surface area contributed by atoms with Crippen LogP contribution in [0.2, 0.25) is 15.5 Å². The molecular formula is C24H25Cl3N6. The van der Waals surface area contributed by atoms with E-state index in [2.05, 4.69) is 44.3 Å². The molecule has 0 aliphatic carbocycles. The van der Waals surface area contributed by atoms with Crippen LogP contribution in [0.15, 0.2) is 85.5 Å². The van der Waals surface area contributed by atoms with Crippen molar-refractivity contribution in [1.82, 2.24) is 19.9 Å². The monoisotopic (exact) mass is 502 g/mol. The molecule has 0 saturated heterocycles. The Morgan fingerprint density at radius 1 is 0.667 bits per heavy atom. The van der Waals surface area contributed by atoms with Crippen LogP contribution in [0.1, 0.15) is 37.1 Å². The Labute approximate surface area is 209 Å². The zero-order valence-corrected chi connectivity index (χ0v) is 20.5. The van der Waals surface area contributed by atoms with Gasteiger partial charge in [0, 0.05) is 12.1 Å². The van der Waals surface area contributed by atoms with Gasteiger partial charge in [-0.1, -0.05) is 95.5 Å². The predicted molar refractivity (Wildman–Crippen MR) is 137 cm³/mol. The molecule has 0 saturated carbocycles. The molecular weight excluding hydrogens is 479 g/mol. The Morgan fingerprint density at radius 2 is 1.12 bits per heavy atom. The molecule has 0 spiro atoms. The number of nitrogens with zero attached hydrogens (tertiary/aromatic N) is 4. The third-order valence-electron chi connectivity index (χ3n) is 4.17. The van der Waals surface area contributed by atoms with E-state index in [-0.39, 0.29) is 12.1 Å². The summed E-state index contributed by atoms with van der Waals surface area (Å²) in [6, 6.07) is 20.5. The van der Waals surface area contributed by atoms with Gasteiger partial charge < -0.3 is 11.1 Å². The fourth-order valence-corrected chi connectivity index (χ4v) is 3.02. The van der Waals surface area contributed by atoms with Crippen LogP contribution in [0.3, 0.4) is 0 Å². The van der Waals surface area contributed by atoms with Gasteiger partial charge in [-0.05, 0) is 25.0 Å². The van der Waals surface area contributed by atoms with Gasteiger partial charge in [0.2, 0.25) is 0 Å². The summed E-state index contributed by atoms with van der Waals surface area (Å²) in [6.07, 6.45) is 6.02. The Morgan fingerprint density at radius 3 is 1.52 bits per heavy atom. The highest BCUT2D eigenvalue weighted by Gasteiger charge is 2.05. The van der Waals surface area contributed by atoms with Crippen molar-refractivity contribution in [3.05, 3.63) is 112 Å². The largest absolute Gasteiger partial charge is 0.362 e. The molecule has 0 amide bonds. The molecule has 0 radical (unpaired) electrons. The summed E-state index contributed by atoms with van der Waals surface area (Å²) in [5.74, 6) is 0.684. The quantitative estimate of drug-likeness (QED) is 0.318. The van der Waals surface area contributed by atoms with Crippen LogP contribution in [0, 0.1) is 0 Å². The van der Waals surface area contributed by atoms with Crippen LogP contribution in [-0.4, -0.2) is 19.9 Å². The highest BCUT2D eigenvalue weighted by molar-refractivity contribution is 6.32. The van der Waals surface area contributed by atoms with E-state index in [0.717, 1.165) is 0 Å². The first-order valence-corrected chi connectivity index (χ1v) is 11.2. The summed E-state index contributed by atoms with van der Waals surface area (Å²) < 4.78 is 0. The molecule has 3 N–H and O–H groups in total. The van der Waals surface area contributed by atoms with Crippen LogP contribution in [-0.2, 0) is 0 Å². The number of aromatic nitrogens is 4. The van der Waals surface area contributed by atoms with Gasteiger partial charge in [-0.15, -0.1) is 0 Å². The van der Waals surface area contributed by atoms with Gasteiger partial charge in [0.05, 0.1) is 24.8 Å². The summed E-state index contributed by atoms with van der Waals surface area (Å²) in [7, 11) is 0. The average Bonchev–Trinajstić information content (AvgIpc) is 2.81.